The largest absolute Gasteiger partial charge is 0.493 e. The third-order valence-corrected chi connectivity index (χ3v) is 4.22. The minimum atomic E-state index is -0.418. The second-order valence-electron chi connectivity index (χ2n) is 5.25. The van der Waals surface area contributed by atoms with Crippen LogP contribution in [0.3, 0.4) is 0 Å². The van der Waals surface area contributed by atoms with Gasteiger partial charge < -0.3 is 10.5 Å². The van der Waals surface area contributed by atoms with E-state index in [0.29, 0.717) is 24.5 Å². The Kier molecular flexibility index (Phi) is 4.24. The predicted molar refractivity (Wildman–Crippen MR) is 73.4 cm³/mol. The number of nitrogens with two attached hydrogens (primary N) is 1. The molecule has 2 N–H and O–H groups in total. The van der Waals surface area contributed by atoms with Gasteiger partial charge in [-0.3, -0.25) is 9.48 Å². The van der Waals surface area contributed by atoms with Crippen LogP contribution in [0.1, 0.15) is 49.5 Å². The fraction of sp³-hybridized carbons (Fsp3) is 0.714. The number of hydrogen-bond donors (Lipinski definition) is 1. The van der Waals surface area contributed by atoms with E-state index in [-0.39, 0.29) is 5.78 Å². The van der Waals surface area contributed by atoms with Crippen LogP contribution in [0, 0.1) is 5.41 Å². The summed E-state index contributed by atoms with van der Waals surface area (Å²) in [5.74, 6) is 0.663. The maximum Gasteiger partial charge on any atom is 0.192 e. The Bertz CT molecular complexity index is 426. The van der Waals surface area contributed by atoms with E-state index < -0.39 is 5.41 Å². The number of Topliss-reactive ketones (excluding diaryl/α,β-unsaturated/α-hetero) is 1. The molecule has 0 bridgehead atoms. The van der Waals surface area contributed by atoms with Gasteiger partial charge in [-0.05, 0) is 19.8 Å². The van der Waals surface area contributed by atoms with Crippen molar-refractivity contribution in [3.63, 3.8) is 0 Å². The van der Waals surface area contributed by atoms with Gasteiger partial charge in [0.25, 0.3) is 0 Å². The molecule has 1 saturated carbocycles. The number of ketones is 1. The van der Waals surface area contributed by atoms with Crippen molar-refractivity contribution in [2.75, 3.05) is 13.7 Å². The summed E-state index contributed by atoms with van der Waals surface area (Å²) in [5, 5.41) is 4.22. The number of carbonyl (C=O) groups is 1. The molecule has 1 fully saturated rings. The highest BCUT2D eigenvalue weighted by Gasteiger charge is 2.41. The number of ether oxygens (including phenoxy) is 1. The van der Waals surface area contributed by atoms with E-state index in [1.807, 2.05) is 6.92 Å². The molecule has 1 aromatic heterocycles. The topological polar surface area (TPSA) is 70.1 Å². The number of rotatable bonds is 5. The number of hydrogen-bond acceptors (Lipinski definition) is 4. The monoisotopic (exact) mass is 265 g/mol. The van der Waals surface area contributed by atoms with Gasteiger partial charge in [-0.1, -0.05) is 19.3 Å². The molecule has 2 rings (SSSR count). The smallest absolute Gasteiger partial charge is 0.192 e. The number of methoxy groups -OCH3 is 1. The fourth-order valence-corrected chi connectivity index (χ4v) is 2.99. The Morgan fingerprint density at radius 1 is 1.47 bits per heavy atom. The summed E-state index contributed by atoms with van der Waals surface area (Å²) >= 11 is 0. The molecule has 1 aromatic rings. The molecule has 5 nitrogen and oxygen atoms in total. The highest BCUT2D eigenvalue weighted by atomic mass is 16.5. The second-order valence-corrected chi connectivity index (χ2v) is 5.25. The Balaban J connectivity index is 2.39. The molecule has 19 heavy (non-hydrogen) atoms. The first-order valence-electron chi connectivity index (χ1n) is 7.03. The number of aromatic nitrogens is 2. The first-order valence-corrected chi connectivity index (χ1v) is 7.03. The highest BCUT2D eigenvalue weighted by molar-refractivity contribution is 6.01. The van der Waals surface area contributed by atoms with E-state index in [2.05, 4.69) is 5.10 Å². The number of nitrogens with zero attached hydrogens (tertiary/aromatic N) is 2. The lowest BCUT2D eigenvalue weighted by Crippen LogP contribution is -2.41. The summed E-state index contributed by atoms with van der Waals surface area (Å²) in [6.45, 7) is 3.04. The van der Waals surface area contributed by atoms with Gasteiger partial charge in [0.05, 0.1) is 13.3 Å². The van der Waals surface area contributed by atoms with Gasteiger partial charge in [0.1, 0.15) is 5.69 Å². The van der Waals surface area contributed by atoms with Gasteiger partial charge in [-0.25, -0.2) is 0 Å². The summed E-state index contributed by atoms with van der Waals surface area (Å²) in [6.07, 6.45) is 6.71. The summed E-state index contributed by atoms with van der Waals surface area (Å²) in [7, 11) is 1.57. The zero-order valence-electron chi connectivity index (χ0n) is 11.8. The van der Waals surface area contributed by atoms with Crippen molar-refractivity contribution in [2.45, 2.75) is 45.6 Å². The van der Waals surface area contributed by atoms with Gasteiger partial charge >= 0.3 is 0 Å². The van der Waals surface area contributed by atoms with Crippen molar-refractivity contribution < 1.29 is 9.53 Å². The molecule has 0 atom stereocenters. The minimum Gasteiger partial charge on any atom is -0.493 e. The van der Waals surface area contributed by atoms with E-state index in [1.165, 1.54) is 6.42 Å². The van der Waals surface area contributed by atoms with Crippen LogP contribution >= 0.6 is 0 Å². The quantitative estimate of drug-likeness (QED) is 0.827. The third-order valence-electron chi connectivity index (χ3n) is 4.22. The van der Waals surface area contributed by atoms with Crippen LogP contribution in [-0.4, -0.2) is 29.2 Å². The lowest BCUT2D eigenvalue weighted by molar-refractivity contribution is 0.0714. The van der Waals surface area contributed by atoms with Gasteiger partial charge in [-0.15, -0.1) is 0 Å². The first kappa shape index (κ1) is 14.1. The highest BCUT2D eigenvalue weighted by Crippen LogP contribution is 2.39. The van der Waals surface area contributed by atoms with E-state index in [4.69, 9.17) is 10.5 Å². The average molecular weight is 265 g/mol. The Morgan fingerprint density at radius 2 is 2.16 bits per heavy atom. The molecule has 1 aliphatic carbocycles. The van der Waals surface area contributed by atoms with E-state index in [0.717, 1.165) is 25.7 Å². The zero-order chi connectivity index (χ0) is 13.9. The van der Waals surface area contributed by atoms with E-state index >= 15 is 0 Å². The molecule has 0 unspecified atom stereocenters. The number of aryl methyl sites for hydroxylation is 1. The molecule has 5 heteroatoms. The van der Waals surface area contributed by atoms with Crippen LogP contribution < -0.4 is 10.5 Å². The molecular weight excluding hydrogens is 242 g/mol. The van der Waals surface area contributed by atoms with Crippen molar-refractivity contribution >= 4 is 5.78 Å². The lowest BCUT2D eigenvalue weighted by atomic mass is 9.70. The molecule has 0 radical (unpaired) electrons. The predicted octanol–water partition coefficient (Wildman–Crippen LogP) is 2.00. The molecule has 1 aliphatic rings. The van der Waals surface area contributed by atoms with Crippen LogP contribution in [0.15, 0.2) is 6.20 Å². The molecule has 0 amide bonds. The average Bonchev–Trinajstić information content (AvgIpc) is 2.89. The van der Waals surface area contributed by atoms with Gasteiger partial charge in [0.2, 0.25) is 0 Å². The number of carbonyl (C=O) groups excluding carboxylic acids is 1. The Labute approximate surface area is 114 Å². The molecule has 0 aromatic carbocycles. The van der Waals surface area contributed by atoms with Gasteiger partial charge in [0.15, 0.2) is 11.5 Å². The van der Waals surface area contributed by atoms with Crippen molar-refractivity contribution in [2.24, 2.45) is 11.1 Å². The van der Waals surface area contributed by atoms with Crippen molar-refractivity contribution in [3.8, 4) is 5.75 Å². The van der Waals surface area contributed by atoms with Crippen molar-refractivity contribution in [1.82, 2.24) is 9.78 Å². The van der Waals surface area contributed by atoms with Gasteiger partial charge in [0, 0.05) is 18.5 Å². The minimum absolute atomic E-state index is 0.103. The van der Waals surface area contributed by atoms with Crippen LogP contribution in [0.4, 0.5) is 0 Å². The maximum atomic E-state index is 13.0. The maximum absolute atomic E-state index is 13.0. The van der Waals surface area contributed by atoms with E-state index in [9.17, 15) is 4.79 Å². The molecule has 0 aliphatic heterocycles. The van der Waals surface area contributed by atoms with E-state index in [1.54, 1.807) is 18.0 Å². The summed E-state index contributed by atoms with van der Waals surface area (Å²) in [6, 6.07) is 0. The van der Waals surface area contributed by atoms with Gasteiger partial charge in [-0.2, -0.15) is 5.10 Å². The fourth-order valence-electron chi connectivity index (χ4n) is 2.99. The van der Waals surface area contributed by atoms with Crippen LogP contribution in [-0.2, 0) is 6.54 Å². The van der Waals surface area contributed by atoms with Crippen molar-refractivity contribution in [3.05, 3.63) is 11.9 Å². The molecule has 0 saturated heterocycles. The standard InChI is InChI=1S/C14H23N3O2/c1-3-17-12(11(19-2)9-16-17)13(18)14(10-15)7-5-4-6-8-14/h9H,3-8,10,15H2,1-2H3. The molecule has 0 spiro atoms. The Hall–Kier alpha value is -1.36. The van der Waals surface area contributed by atoms with Crippen LogP contribution in [0.2, 0.25) is 0 Å². The third kappa shape index (κ3) is 2.39. The first-order chi connectivity index (χ1) is 9.18. The normalized spacial score (nSPS) is 18.3. The van der Waals surface area contributed by atoms with Crippen LogP contribution in [0.25, 0.3) is 0 Å². The van der Waals surface area contributed by atoms with Crippen molar-refractivity contribution in [1.29, 1.82) is 0 Å². The van der Waals surface area contributed by atoms with Crippen LogP contribution in [0.5, 0.6) is 5.75 Å². The zero-order valence-corrected chi connectivity index (χ0v) is 11.8. The molecule has 1 heterocycles. The molecular formula is C14H23N3O2. The lowest BCUT2D eigenvalue weighted by Gasteiger charge is -2.34. The molecule has 106 valence electrons. The second kappa shape index (κ2) is 5.74. The Morgan fingerprint density at radius 3 is 2.68 bits per heavy atom. The SMILES string of the molecule is CCn1ncc(OC)c1C(=O)C1(CN)CCCCC1. The summed E-state index contributed by atoms with van der Waals surface area (Å²) in [4.78, 5) is 13.0. The summed E-state index contributed by atoms with van der Waals surface area (Å²) in [5.41, 5.74) is 6.10. The summed E-state index contributed by atoms with van der Waals surface area (Å²) < 4.78 is 7.00.